The molecule has 1 N–H and O–H groups in total. The zero-order valence-corrected chi connectivity index (χ0v) is 25.5. The van der Waals surface area contributed by atoms with Crippen molar-refractivity contribution in [2.75, 3.05) is 14.1 Å². The third-order valence-corrected chi connectivity index (χ3v) is 14.2. The van der Waals surface area contributed by atoms with Crippen LogP contribution in [0.4, 0.5) is 5.82 Å². The van der Waals surface area contributed by atoms with E-state index in [-0.39, 0.29) is 12.1 Å². The van der Waals surface area contributed by atoms with Crippen LogP contribution in [-0.4, -0.2) is 82.7 Å². The largest absolute Gasteiger partial charge is 0.460 e. The lowest BCUT2D eigenvalue weighted by atomic mass is 10.1. The number of nitrogens with zero attached hydrogens (tertiary/aromatic N) is 6. The van der Waals surface area contributed by atoms with Gasteiger partial charge in [-0.2, -0.15) is 9.97 Å². The molecule has 0 amide bonds. The average molecular weight is 547 g/mol. The van der Waals surface area contributed by atoms with Gasteiger partial charge in [-0.1, -0.05) is 41.5 Å². The van der Waals surface area contributed by atoms with Gasteiger partial charge in [0, 0.05) is 14.1 Å². The number of aliphatic hydroxyl groups excluding tert-OH is 1. The van der Waals surface area contributed by atoms with Gasteiger partial charge in [0.1, 0.15) is 18.3 Å². The van der Waals surface area contributed by atoms with Gasteiger partial charge < -0.3 is 23.9 Å². The van der Waals surface area contributed by atoms with Gasteiger partial charge in [0.2, 0.25) is 8.32 Å². The Kier molecular flexibility index (Phi) is 8.80. The smallest absolute Gasteiger partial charge is 0.320 e. The van der Waals surface area contributed by atoms with Gasteiger partial charge in [-0.3, -0.25) is 4.57 Å². The van der Waals surface area contributed by atoms with Crippen molar-refractivity contribution in [1.29, 1.82) is 0 Å². The first-order valence-corrected chi connectivity index (χ1v) is 16.2. The highest BCUT2D eigenvalue weighted by Gasteiger charge is 2.53. The fraction of sp³-hybridized carbons (Fsp3) is 0.778. The second-order valence-corrected chi connectivity index (χ2v) is 17.4. The van der Waals surface area contributed by atoms with E-state index in [1.807, 2.05) is 30.5 Å². The van der Waals surface area contributed by atoms with E-state index in [4.69, 9.17) is 18.9 Å². The number of aliphatic hydroxyl groups is 1. The molecule has 4 atom stereocenters. The van der Waals surface area contributed by atoms with Gasteiger partial charge in [0.15, 0.2) is 23.2 Å². The van der Waals surface area contributed by atoms with E-state index in [1.165, 1.54) is 0 Å². The zero-order valence-electron chi connectivity index (χ0n) is 24.5. The number of ether oxygens (including phenoxy) is 2. The topological polar surface area (TPSA) is 107 Å². The van der Waals surface area contributed by atoms with Crippen LogP contribution in [0.2, 0.25) is 16.6 Å². The summed E-state index contributed by atoms with van der Waals surface area (Å²) >= 11 is 0. The minimum Gasteiger partial charge on any atom is -0.460 e. The van der Waals surface area contributed by atoms with Crippen molar-refractivity contribution in [3.8, 4) is 6.01 Å². The Balaban J connectivity index is 1.79. The molecule has 2 aromatic rings. The third kappa shape index (κ3) is 5.48. The Morgan fingerprint density at radius 2 is 1.74 bits per heavy atom. The van der Waals surface area contributed by atoms with Crippen molar-refractivity contribution in [1.82, 2.24) is 24.4 Å². The van der Waals surface area contributed by atoms with Crippen LogP contribution in [0.1, 0.15) is 80.4 Å². The average Bonchev–Trinajstić information content (AvgIpc) is 3.56. The van der Waals surface area contributed by atoms with E-state index < -0.39 is 32.9 Å². The summed E-state index contributed by atoms with van der Waals surface area (Å²) in [6, 6.07) is 0.288. The van der Waals surface area contributed by atoms with Crippen LogP contribution in [0.25, 0.3) is 11.2 Å². The van der Waals surface area contributed by atoms with Crippen molar-refractivity contribution < 1.29 is 19.0 Å². The highest BCUT2D eigenvalue weighted by molar-refractivity contribution is 6.77. The zero-order chi connectivity index (χ0) is 27.8. The molecule has 11 heteroatoms. The minimum absolute atomic E-state index is 0.102. The molecule has 2 aliphatic rings. The normalized spacial score (nSPS) is 25.2. The molecule has 212 valence electrons. The van der Waals surface area contributed by atoms with Crippen molar-refractivity contribution in [2.24, 2.45) is 4.99 Å². The minimum atomic E-state index is -2.32. The standard InChI is InChI=1S/C27H46N6O4Si/c1-16(2)38(17(3)4,18(5)6)37-23-22(34)19(7)35-26(23)33-15-28-21-24(29-14-32(8)9)30-27(31-25(21)33)36-20-12-10-11-13-20/h14-20,22-23,26,34H,10-13H2,1-9H3/t19-,22-,23-,26-/m1/s1. The SMILES string of the molecule is CC(C)[Si](O[C@@H]1[C@H](O)[C@@H](C)O[C@H]1n1cnc2c(N=CN(C)C)nc(OC3CCCC3)nc21)(C(C)C)C(C)C. The summed E-state index contributed by atoms with van der Waals surface area (Å²) in [6.45, 7) is 15.4. The summed E-state index contributed by atoms with van der Waals surface area (Å²) in [6.07, 6.45) is 5.46. The summed E-state index contributed by atoms with van der Waals surface area (Å²) in [7, 11) is 1.49. The van der Waals surface area contributed by atoms with E-state index in [0.29, 0.717) is 33.6 Å². The number of hydrogen-bond donors (Lipinski definition) is 1. The molecule has 0 radical (unpaired) electrons. The molecule has 2 fully saturated rings. The maximum atomic E-state index is 11.3. The lowest BCUT2D eigenvalue weighted by Gasteiger charge is -2.45. The summed E-state index contributed by atoms with van der Waals surface area (Å²) in [4.78, 5) is 20.5. The van der Waals surface area contributed by atoms with Gasteiger partial charge in [-0.15, -0.1) is 0 Å². The van der Waals surface area contributed by atoms with E-state index >= 15 is 0 Å². The molecule has 0 bridgehead atoms. The van der Waals surface area contributed by atoms with Gasteiger partial charge in [-0.25, -0.2) is 9.98 Å². The molecule has 1 aliphatic heterocycles. The maximum absolute atomic E-state index is 11.3. The first kappa shape index (κ1) is 28.9. The van der Waals surface area contributed by atoms with Crippen LogP contribution in [0, 0.1) is 0 Å². The molecule has 2 aromatic heterocycles. The van der Waals surface area contributed by atoms with Crippen molar-refractivity contribution in [2.45, 2.75) is 121 Å². The van der Waals surface area contributed by atoms with Crippen LogP contribution in [-0.2, 0) is 9.16 Å². The number of aliphatic imine (C=N–C) groups is 1. The Hall–Kier alpha value is -2.08. The molecule has 38 heavy (non-hydrogen) atoms. The Bertz CT molecular complexity index is 1090. The molecule has 1 aliphatic carbocycles. The molecule has 3 heterocycles. The molecular formula is C27H46N6O4Si. The molecule has 0 unspecified atom stereocenters. The molecule has 10 nitrogen and oxygen atoms in total. The summed E-state index contributed by atoms with van der Waals surface area (Å²) in [5, 5.41) is 11.3. The Morgan fingerprint density at radius 1 is 1.11 bits per heavy atom. The number of fused-ring (bicyclic) bond motifs is 1. The molecule has 1 saturated heterocycles. The lowest BCUT2D eigenvalue weighted by Crippen LogP contribution is -2.53. The predicted octanol–water partition coefficient (Wildman–Crippen LogP) is 5.21. The van der Waals surface area contributed by atoms with E-state index in [1.54, 1.807) is 12.7 Å². The number of imidazole rings is 1. The van der Waals surface area contributed by atoms with E-state index in [9.17, 15) is 5.11 Å². The van der Waals surface area contributed by atoms with E-state index in [2.05, 4.69) is 56.5 Å². The van der Waals surface area contributed by atoms with Gasteiger partial charge in [-0.05, 0) is 49.2 Å². The molecule has 1 saturated carbocycles. The fourth-order valence-electron chi connectivity index (χ4n) is 6.35. The van der Waals surface area contributed by atoms with Gasteiger partial charge >= 0.3 is 6.01 Å². The monoisotopic (exact) mass is 546 g/mol. The second kappa shape index (κ2) is 11.6. The van der Waals surface area contributed by atoms with Crippen LogP contribution in [0.15, 0.2) is 11.3 Å². The van der Waals surface area contributed by atoms with Crippen molar-refractivity contribution in [3.63, 3.8) is 0 Å². The highest BCUT2D eigenvalue weighted by atomic mass is 28.4. The highest BCUT2D eigenvalue weighted by Crippen LogP contribution is 2.46. The number of aromatic nitrogens is 4. The lowest BCUT2D eigenvalue weighted by molar-refractivity contribution is -0.0269. The van der Waals surface area contributed by atoms with E-state index in [0.717, 1.165) is 25.7 Å². The third-order valence-electron chi connectivity index (χ3n) is 8.14. The van der Waals surface area contributed by atoms with Crippen LogP contribution in [0.5, 0.6) is 6.01 Å². The van der Waals surface area contributed by atoms with Gasteiger partial charge in [0.25, 0.3) is 0 Å². The summed E-state index contributed by atoms with van der Waals surface area (Å²) < 4.78 is 21.5. The van der Waals surface area contributed by atoms with Crippen molar-refractivity contribution >= 4 is 31.6 Å². The van der Waals surface area contributed by atoms with Gasteiger partial charge in [0.05, 0.1) is 18.8 Å². The van der Waals surface area contributed by atoms with Crippen molar-refractivity contribution in [3.05, 3.63) is 6.33 Å². The predicted molar refractivity (Wildman–Crippen MR) is 152 cm³/mol. The van der Waals surface area contributed by atoms with Crippen LogP contribution in [0.3, 0.4) is 0 Å². The summed E-state index contributed by atoms with van der Waals surface area (Å²) in [5.41, 5.74) is 2.22. The fourth-order valence-corrected chi connectivity index (χ4v) is 11.9. The first-order chi connectivity index (χ1) is 18.0. The summed E-state index contributed by atoms with van der Waals surface area (Å²) in [5.74, 6) is 0.440. The van der Waals surface area contributed by atoms with Crippen LogP contribution < -0.4 is 4.74 Å². The molecule has 0 aromatic carbocycles. The molecule has 4 rings (SSSR count). The first-order valence-electron chi connectivity index (χ1n) is 14.1. The number of hydrogen-bond acceptors (Lipinski definition) is 8. The molecular weight excluding hydrogens is 500 g/mol. The second-order valence-electron chi connectivity index (χ2n) is 12.0. The number of rotatable bonds is 10. The Labute approximate surface area is 228 Å². The van der Waals surface area contributed by atoms with Crippen LogP contribution >= 0.6 is 0 Å². The Morgan fingerprint density at radius 3 is 2.32 bits per heavy atom. The maximum Gasteiger partial charge on any atom is 0.320 e. The quantitative estimate of drug-likeness (QED) is 0.246. The molecule has 0 spiro atoms.